The fraction of sp³-hybridized carbons (Fsp3) is 0.429. The summed E-state index contributed by atoms with van der Waals surface area (Å²) in [5.41, 5.74) is 2.44. The predicted octanol–water partition coefficient (Wildman–Crippen LogP) is 2.23. The van der Waals surface area contributed by atoms with E-state index in [4.69, 9.17) is 9.47 Å². The van der Waals surface area contributed by atoms with Crippen LogP contribution in [-0.4, -0.2) is 31.9 Å². The summed E-state index contributed by atoms with van der Waals surface area (Å²) in [6.07, 6.45) is 3.10. The highest BCUT2D eigenvalue weighted by Crippen LogP contribution is 2.29. The molecule has 18 heavy (non-hydrogen) atoms. The average molecular weight is 246 g/mol. The highest BCUT2D eigenvalue weighted by molar-refractivity contribution is 5.85. The molecule has 1 fully saturated rings. The molecule has 0 radical (unpaired) electrons. The Morgan fingerprint density at radius 1 is 1.33 bits per heavy atom. The van der Waals surface area contributed by atoms with Crippen LogP contribution in [-0.2, 0) is 4.74 Å². The van der Waals surface area contributed by atoms with Crippen LogP contribution >= 0.6 is 0 Å². The van der Waals surface area contributed by atoms with Crippen LogP contribution in [0, 0.1) is 0 Å². The first-order valence-electron chi connectivity index (χ1n) is 6.34. The smallest absolute Gasteiger partial charge is 0.120 e. The van der Waals surface area contributed by atoms with Crippen LogP contribution in [0.5, 0.6) is 5.75 Å². The van der Waals surface area contributed by atoms with Crippen LogP contribution in [0.1, 0.15) is 18.0 Å². The Kier molecular flexibility index (Phi) is 3.21. The minimum Gasteiger partial charge on any atom is -0.497 e. The number of methoxy groups -OCH3 is 1. The van der Waals surface area contributed by atoms with Gasteiger partial charge < -0.3 is 19.8 Å². The molecule has 1 aliphatic heterocycles. The molecular weight excluding hydrogens is 228 g/mol. The maximum absolute atomic E-state index is 5.48. The molecule has 1 aliphatic rings. The van der Waals surface area contributed by atoms with Gasteiger partial charge in [-0.1, -0.05) is 0 Å². The number of hydrogen-bond acceptors (Lipinski definition) is 3. The van der Waals surface area contributed by atoms with Gasteiger partial charge in [-0.05, 0) is 24.1 Å². The maximum atomic E-state index is 5.48. The Labute approximate surface area is 106 Å². The minimum absolute atomic E-state index is 0.370. The van der Waals surface area contributed by atoms with Crippen LogP contribution in [0.4, 0.5) is 0 Å². The fourth-order valence-electron chi connectivity index (χ4n) is 2.52. The molecule has 0 aliphatic carbocycles. The summed E-state index contributed by atoms with van der Waals surface area (Å²) in [5.74, 6) is 0.882. The second kappa shape index (κ2) is 5.00. The maximum Gasteiger partial charge on any atom is 0.120 e. The van der Waals surface area contributed by atoms with Gasteiger partial charge in [-0.2, -0.15) is 0 Å². The fourth-order valence-corrected chi connectivity index (χ4v) is 2.52. The number of rotatable bonds is 2. The van der Waals surface area contributed by atoms with E-state index in [1.165, 1.54) is 10.9 Å². The Balaban J connectivity index is 1.96. The predicted molar refractivity (Wildman–Crippen MR) is 71.0 cm³/mol. The largest absolute Gasteiger partial charge is 0.497 e. The van der Waals surface area contributed by atoms with Crippen LogP contribution in [0.15, 0.2) is 24.4 Å². The van der Waals surface area contributed by atoms with Crippen LogP contribution in [0.25, 0.3) is 10.9 Å². The molecule has 0 spiro atoms. The number of benzene rings is 1. The number of ether oxygens (including phenoxy) is 2. The van der Waals surface area contributed by atoms with Crippen molar-refractivity contribution in [1.29, 1.82) is 0 Å². The van der Waals surface area contributed by atoms with Crippen LogP contribution < -0.4 is 10.1 Å². The first-order chi connectivity index (χ1) is 8.88. The van der Waals surface area contributed by atoms with E-state index in [0.29, 0.717) is 6.04 Å². The Morgan fingerprint density at radius 2 is 2.28 bits per heavy atom. The Bertz CT molecular complexity index is 528. The molecule has 2 N–H and O–H groups in total. The van der Waals surface area contributed by atoms with Crippen molar-refractivity contribution in [2.45, 2.75) is 12.5 Å². The molecule has 1 saturated heterocycles. The van der Waals surface area contributed by atoms with Gasteiger partial charge in [0.25, 0.3) is 0 Å². The van der Waals surface area contributed by atoms with E-state index in [0.717, 1.165) is 37.4 Å². The van der Waals surface area contributed by atoms with Crippen molar-refractivity contribution in [2.24, 2.45) is 0 Å². The highest BCUT2D eigenvalue weighted by Gasteiger charge is 2.17. The Hall–Kier alpha value is -1.52. The van der Waals surface area contributed by atoms with Gasteiger partial charge in [-0.15, -0.1) is 0 Å². The monoisotopic (exact) mass is 246 g/mol. The van der Waals surface area contributed by atoms with Crippen LogP contribution in [0.2, 0.25) is 0 Å². The Morgan fingerprint density at radius 3 is 3.17 bits per heavy atom. The zero-order valence-electron chi connectivity index (χ0n) is 10.5. The van der Waals surface area contributed by atoms with Crippen molar-refractivity contribution in [2.75, 3.05) is 26.9 Å². The van der Waals surface area contributed by atoms with Gasteiger partial charge in [-0.25, -0.2) is 0 Å². The average Bonchev–Trinajstić information content (AvgIpc) is 2.64. The SMILES string of the molecule is COc1ccc2c(C3CCOCCN3)c[nH]c2c1. The first kappa shape index (κ1) is 11.6. The van der Waals surface area contributed by atoms with Crippen molar-refractivity contribution in [3.05, 3.63) is 30.0 Å². The molecule has 2 heterocycles. The van der Waals surface area contributed by atoms with Gasteiger partial charge in [0.2, 0.25) is 0 Å². The van der Waals surface area contributed by atoms with Crippen molar-refractivity contribution < 1.29 is 9.47 Å². The lowest BCUT2D eigenvalue weighted by molar-refractivity contribution is 0.150. The second-order valence-corrected chi connectivity index (χ2v) is 4.56. The zero-order valence-corrected chi connectivity index (χ0v) is 10.5. The summed E-state index contributed by atoms with van der Waals surface area (Å²) in [5, 5.41) is 4.79. The third-order valence-corrected chi connectivity index (χ3v) is 3.48. The van der Waals surface area contributed by atoms with E-state index < -0.39 is 0 Å². The van der Waals surface area contributed by atoms with Gasteiger partial charge in [0.1, 0.15) is 5.75 Å². The lowest BCUT2D eigenvalue weighted by atomic mass is 10.0. The normalized spacial score (nSPS) is 20.8. The second-order valence-electron chi connectivity index (χ2n) is 4.56. The number of aromatic nitrogens is 1. The minimum atomic E-state index is 0.370. The third-order valence-electron chi connectivity index (χ3n) is 3.48. The van der Waals surface area contributed by atoms with Crippen molar-refractivity contribution >= 4 is 10.9 Å². The molecule has 0 amide bonds. The van der Waals surface area contributed by atoms with E-state index in [2.05, 4.69) is 22.6 Å². The van der Waals surface area contributed by atoms with Gasteiger partial charge >= 0.3 is 0 Å². The van der Waals surface area contributed by atoms with Crippen LogP contribution in [0.3, 0.4) is 0 Å². The molecule has 3 rings (SSSR count). The van der Waals surface area contributed by atoms with E-state index in [-0.39, 0.29) is 0 Å². The van der Waals surface area contributed by atoms with Gasteiger partial charge in [0, 0.05) is 42.4 Å². The summed E-state index contributed by atoms with van der Waals surface area (Å²) in [6, 6.07) is 6.53. The lowest BCUT2D eigenvalue weighted by Crippen LogP contribution is -2.21. The third kappa shape index (κ3) is 2.09. The molecule has 4 heteroatoms. The van der Waals surface area contributed by atoms with Gasteiger partial charge in [-0.3, -0.25) is 0 Å². The molecular formula is C14H18N2O2. The highest BCUT2D eigenvalue weighted by atomic mass is 16.5. The van der Waals surface area contributed by atoms with E-state index >= 15 is 0 Å². The summed E-state index contributed by atoms with van der Waals surface area (Å²) in [4.78, 5) is 3.32. The molecule has 1 aromatic heterocycles. The van der Waals surface area contributed by atoms with Gasteiger partial charge in [0.05, 0.1) is 13.7 Å². The molecule has 0 bridgehead atoms. The molecule has 1 atom stereocenters. The van der Waals surface area contributed by atoms with Gasteiger partial charge in [0.15, 0.2) is 0 Å². The first-order valence-corrected chi connectivity index (χ1v) is 6.34. The van der Waals surface area contributed by atoms with Crippen molar-refractivity contribution in [3.63, 3.8) is 0 Å². The standard InChI is InChI=1S/C14H18N2O2/c1-17-10-2-3-11-12(9-16-14(11)8-10)13-4-6-18-7-5-15-13/h2-3,8-9,13,15-16H,4-7H2,1H3. The molecule has 1 unspecified atom stereocenters. The summed E-state index contributed by atoms with van der Waals surface area (Å²) < 4.78 is 10.7. The van der Waals surface area contributed by atoms with Crippen molar-refractivity contribution in [1.82, 2.24) is 10.3 Å². The number of nitrogens with one attached hydrogen (secondary N) is 2. The molecule has 0 saturated carbocycles. The summed E-state index contributed by atoms with van der Waals surface area (Å²) in [7, 11) is 1.69. The summed E-state index contributed by atoms with van der Waals surface area (Å²) >= 11 is 0. The number of H-pyrrole nitrogens is 1. The molecule has 4 nitrogen and oxygen atoms in total. The molecule has 1 aromatic carbocycles. The quantitative estimate of drug-likeness (QED) is 0.854. The molecule has 96 valence electrons. The van der Waals surface area contributed by atoms with E-state index in [1.54, 1.807) is 7.11 Å². The molecule has 2 aromatic rings. The lowest BCUT2D eigenvalue weighted by Gasteiger charge is -2.14. The topological polar surface area (TPSA) is 46.3 Å². The summed E-state index contributed by atoms with van der Waals surface area (Å²) in [6.45, 7) is 2.53. The number of fused-ring (bicyclic) bond motifs is 1. The van der Waals surface area contributed by atoms with E-state index in [1.807, 2.05) is 12.1 Å². The number of hydrogen-bond donors (Lipinski definition) is 2. The van der Waals surface area contributed by atoms with Crippen molar-refractivity contribution in [3.8, 4) is 5.75 Å². The van der Waals surface area contributed by atoms with E-state index in [9.17, 15) is 0 Å². The number of aromatic amines is 1. The zero-order chi connectivity index (χ0) is 12.4.